The van der Waals surface area contributed by atoms with Crippen LogP contribution in [0.5, 0.6) is 5.88 Å². The first-order valence-electron chi connectivity index (χ1n) is 9.45. The molecule has 2 fully saturated rings. The second-order valence-corrected chi connectivity index (χ2v) is 7.33. The van der Waals surface area contributed by atoms with Crippen LogP contribution in [0.1, 0.15) is 29.0 Å². The SMILES string of the molecule is Cc1ccoc1C(=O)N1CC2(CC(Oc3ccccn3)CCO2)C1.O=C(O)C(F)(F)F. The highest BCUT2D eigenvalue weighted by Gasteiger charge is 2.50. The molecule has 0 aromatic carbocycles. The number of alkyl halides is 3. The minimum Gasteiger partial charge on any atom is -0.475 e. The molecule has 8 nitrogen and oxygen atoms in total. The zero-order chi connectivity index (χ0) is 22.6. The average Bonchev–Trinajstić information content (AvgIpc) is 3.12. The lowest BCUT2D eigenvalue weighted by Crippen LogP contribution is -2.67. The highest BCUT2D eigenvalue weighted by molar-refractivity contribution is 5.93. The number of furan rings is 1. The largest absolute Gasteiger partial charge is 0.490 e. The van der Waals surface area contributed by atoms with Crippen molar-refractivity contribution in [2.45, 2.75) is 37.6 Å². The zero-order valence-corrected chi connectivity index (χ0v) is 16.6. The van der Waals surface area contributed by atoms with Gasteiger partial charge < -0.3 is 23.9 Å². The molecule has 0 radical (unpaired) electrons. The summed E-state index contributed by atoms with van der Waals surface area (Å²) in [5.41, 5.74) is 0.565. The number of hydrogen-bond acceptors (Lipinski definition) is 6. The summed E-state index contributed by atoms with van der Waals surface area (Å²) in [6.45, 7) is 3.67. The molecule has 168 valence electrons. The number of halogens is 3. The van der Waals surface area contributed by atoms with Gasteiger partial charge in [-0.3, -0.25) is 4.79 Å². The fourth-order valence-electron chi connectivity index (χ4n) is 3.42. The number of aromatic nitrogens is 1. The van der Waals surface area contributed by atoms with E-state index in [4.69, 9.17) is 23.8 Å². The van der Waals surface area contributed by atoms with Gasteiger partial charge in [-0.05, 0) is 19.1 Å². The monoisotopic (exact) mass is 442 g/mol. The Morgan fingerprint density at radius 2 is 2.00 bits per heavy atom. The van der Waals surface area contributed by atoms with Gasteiger partial charge in [0.15, 0.2) is 5.76 Å². The summed E-state index contributed by atoms with van der Waals surface area (Å²) in [6.07, 6.45) is -0.142. The van der Waals surface area contributed by atoms with Crippen LogP contribution in [-0.4, -0.2) is 64.4 Å². The van der Waals surface area contributed by atoms with Crippen molar-refractivity contribution in [3.63, 3.8) is 0 Å². The van der Waals surface area contributed by atoms with Crippen molar-refractivity contribution in [3.8, 4) is 5.88 Å². The number of rotatable bonds is 3. The molecule has 31 heavy (non-hydrogen) atoms. The van der Waals surface area contributed by atoms with Crippen LogP contribution < -0.4 is 4.74 Å². The Hall–Kier alpha value is -3.08. The van der Waals surface area contributed by atoms with E-state index in [0.717, 1.165) is 18.4 Å². The molecule has 4 heterocycles. The number of amides is 1. The van der Waals surface area contributed by atoms with E-state index >= 15 is 0 Å². The van der Waals surface area contributed by atoms with Gasteiger partial charge in [0.2, 0.25) is 5.88 Å². The number of carboxylic acids is 1. The van der Waals surface area contributed by atoms with Crippen molar-refractivity contribution in [1.29, 1.82) is 0 Å². The molecule has 2 aromatic heterocycles. The fourth-order valence-corrected chi connectivity index (χ4v) is 3.42. The van der Waals surface area contributed by atoms with E-state index in [-0.39, 0.29) is 17.6 Å². The third kappa shape index (κ3) is 5.54. The van der Waals surface area contributed by atoms with Crippen LogP contribution in [-0.2, 0) is 9.53 Å². The third-order valence-corrected chi connectivity index (χ3v) is 4.92. The Morgan fingerprint density at radius 1 is 1.29 bits per heavy atom. The molecule has 1 atom stereocenters. The van der Waals surface area contributed by atoms with Crippen molar-refractivity contribution < 1.29 is 41.8 Å². The summed E-state index contributed by atoms with van der Waals surface area (Å²) in [4.78, 5) is 27.3. The Morgan fingerprint density at radius 3 is 2.55 bits per heavy atom. The van der Waals surface area contributed by atoms with Crippen molar-refractivity contribution in [3.05, 3.63) is 48.0 Å². The molecular formula is C20H21F3N2O6. The van der Waals surface area contributed by atoms with Gasteiger partial charge in [-0.15, -0.1) is 0 Å². The summed E-state index contributed by atoms with van der Waals surface area (Å²) in [5.74, 6) is -1.77. The number of nitrogens with zero attached hydrogens (tertiary/aromatic N) is 2. The lowest BCUT2D eigenvalue weighted by atomic mass is 9.84. The summed E-state index contributed by atoms with van der Waals surface area (Å²) in [7, 11) is 0. The number of carbonyl (C=O) groups excluding carboxylic acids is 1. The summed E-state index contributed by atoms with van der Waals surface area (Å²) in [6, 6.07) is 7.44. The summed E-state index contributed by atoms with van der Waals surface area (Å²) < 4.78 is 49.0. The fraction of sp³-hybridized carbons (Fsp3) is 0.450. The molecule has 2 saturated heterocycles. The average molecular weight is 442 g/mol. The maximum Gasteiger partial charge on any atom is 0.490 e. The van der Waals surface area contributed by atoms with Crippen molar-refractivity contribution in [1.82, 2.24) is 9.88 Å². The quantitative estimate of drug-likeness (QED) is 0.780. The maximum atomic E-state index is 12.4. The van der Waals surface area contributed by atoms with Crippen molar-refractivity contribution in [2.75, 3.05) is 19.7 Å². The molecule has 1 amide bonds. The van der Waals surface area contributed by atoms with E-state index in [2.05, 4.69) is 4.98 Å². The Kier molecular flexibility index (Phi) is 6.54. The lowest BCUT2D eigenvalue weighted by Gasteiger charge is -2.52. The number of ether oxygens (including phenoxy) is 2. The minimum absolute atomic E-state index is 0.0660. The van der Waals surface area contributed by atoms with Crippen LogP contribution in [0.3, 0.4) is 0 Å². The molecular weight excluding hydrogens is 421 g/mol. The molecule has 1 unspecified atom stereocenters. The van der Waals surface area contributed by atoms with Gasteiger partial charge in [0.05, 0.1) is 26.0 Å². The van der Waals surface area contributed by atoms with Gasteiger partial charge in [-0.2, -0.15) is 13.2 Å². The molecule has 11 heteroatoms. The minimum atomic E-state index is -5.08. The van der Waals surface area contributed by atoms with Crippen LogP contribution in [0, 0.1) is 6.92 Å². The van der Waals surface area contributed by atoms with Crippen LogP contribution in [0.25, 0.3) is 0 Å². The molecule has 2 aliphatic heterocycles. The van der Waals surface area contributed by atoms with E-state index in [1.165, 1.54) is 0 Å². The van der Waals surface area contributed by atoms with E-state index in [0.29, 0.717) is 31.3 Å². The van der Waals surface area contributed by atoms with E-state index < -0.39 is 12.1 Å². The second-order valence-electron chi connectivity index (χ2n) is 7.33. The number of pyridine rings is 1. The lowest BCUT2D eigenvalue weighted by molar-refractivity contribution is -0.192. The molecule has 0 saturated carbocycles. The molecule has 2 aromatic rings. The molecule has 1 N–H and O–H groups in total. The van der Waals surface area contributed by atoms with Gasteiger partial charge in [0.25, 0.3) is 5.91 Å². The van der Waals surface area contributed by atoms with Gasteiger partial charge >= 0.3 is 12.1 Å². The topological polar surface area (TPSA) is 102 Å². The summed E-state index contributed by atoms with van der Waals surface area (Å²) >= 11 is 0. The van der Waals surface area contributed by atoms with Gasteiger partial charge in [-0.25, -0.2) is 9.78 Å². The normalized spacial score (nSPS) is 19.7. The third-order valence-electron chi connectivity index (χ3n) is 4.92. The Balaban J connectivity index is 0.000000339. The summed E-state index contributed by atoms with van der Waals surface area (Å²) in [5, 5.41) is 7.12. The predicted molar refractivity (Wildman–Crippen MR) is 99.6 cm³/mol. The van der Waals surface area contributed by atoms with E-state index in [9.17, 15) is 18.0 Å². The van der Waals surface area contributed by atoms with Crippen LogP contribution >= 0.6 is 0 Å². The first kappa shape index (κ1) is 22.6. The number of carbonyl (C=O) groups is 2. The highest BCUT2D eigenvalue weighted by Crippen LogP contribution is 2.36. The number of hydrogen-bond donors (Lipinski definition) is 1. The molecule has 2 aliphatic rings. The maximum absolute atomic E-state index is 12.4. The van der Waals surface area contributed by atoms with Gasteiger partial charge in [0, 0.05) is 30.7 Å². The molecule has 4 rings (SSSR count). The van der Waals surface area contributed by atoms with Crippen LogP contribution in [0.15, 0.2) is 41.1 Å². The van der Waals surface area contributed by atoms with Crippen molar-refractivity contribution in [2.24, 2.45) is 0 Å². The zero-order valence-electron chi connectivity index (χ0n) is 16.6. The standard InChI is InChI=1S/C18H20N2O4.C2HF3O2/c1-13-5-8-22-16(13)17(21)20-11-18(12-20)10-14(6-9-23-18)24-15-4-2-3-7-19-15;3-2(4,5)1(6)7/h2-5,7-8,14H,6,9-12H2,1H3;(H,6,7). The van der Waals surface area contributed by atoms with Crippen molar-refractivity contribution >= 4 is 11.9 Å². The van der Waals surface area contributed by atoms with E-state index in [1.54, 1.807) is 23.4 Å². The first-order valence-corrected chi connectivity index (χ1v) is 9.45. The van der Waals surface area contributed by atoms with Crippen LogP contribution in [0.2, 0.25) is 0 Å². The molecule has 0 bridgehead atoms. The smallest absolute Gasteiger partial charge is 0.475 e. The van der Waals surface area contributed by atoms with E-state index in [1.807, 2.05) is 25.1 Å². The Labute approximate surface area is 175 Å². The number of aryl methyl sites for hydroxylation is 1. The number of aliphatic carboxylic acids is 1. The van der Waals surface area contributed by atoms with Crippen LogP contribution in [0.4, 0.5) is 13.2 Å². The second kappa shape index (κ2) is 8.96. The molecule has 0 aliphatic carbocycles. The van der Waals surface area contributed by atoms with Gasteiger partial charge in [0.1, 0.15) is 11.7 Å². The number of carboxylic acid groups (broad SMARTS) is 1. The van der Waals surface area contributed by atoms with Gasteiger partial charge in [-0.1, -0.05) is 6.07 Å². The molecule has 1 spiro atoms. The Bertz CT molecular complexity index is 909. The highest BCUT2D eigenvalue weighted by atomic mass is 19.4. The predicted octanol–water partition coefficient (Wildman–Crippen LogP) is 3.07. The first-order chi connectivity index (χ1) is 14.6. The number of likely N-dealkylation sites (tertiary alicyclic amines) is 1.